The van der Waals surface area contributed by atoms with E-state index in [0.717, 1.165) is 53.8 Å². The van der Waals surface area contributed by atoms with Gasteiger partial charge in [0.1, 0.15) is 11.2 Å². The molecule has 0 spiro atoms. The smallest absolute Gasteiger partial charge is 0.183 e. The van der Waals surface area contributed by atoms with E-state index in [1.165, 1.54) is 0 Å². The lowest BCUT2D eigenvalue weighted by molar-refractivity contribution is -0.509. The summed E-state index contributed by atoms with van der Waals surface area (Å²) in [6, 6.07) is 10.1. The standard InChI is InChI=1S/C24H19Cl2N4O/c25-21-2-1-3-22(26)23(21)15(10-27)8-17-12-29-24-20(17)9-16(11-28-24)18-13-30(14-18)19-4-6-31-7-5-19/h1-3,8-9,11-14,19H,4-7H2,(H,28,29)/q+1. The van der Waals surface area contributed by atoms with Crippen molar-refractivity contribution in [3.05, 3.63) is 69.6 Å². The van der Waals surface area contributed by atoms with Crippen molar-refractivity contribution >= 4 is 57.7 Å². The van der Waals surface area contributed by atoms with Crippen molar-refractivity contribution in [3.8, 4) is 6.07 Å². The maximum Gasteiger partial charge on any atom is 0.183 e. The van der Waals surface area contributed by atoms with Gasteiger partial charge in [-0.25, -0.2) is 9.56 Å². The number of fused-ring (bicyclic) bond motifs is 1. The van der Waals surface area contributed by atoms with Crippen LogP contribution in [0.4, 0.5) is 0 Å². The summed E-state index contributed by atoms with van der Waals surface area (Å²) in [5.74, 6) is 0. The Labute approximate surface area is 189 Å². The normalized spacial score (nSPS) is 17.1. The van der Waals surface area contributed by atoms with Gasteiger partial charge in [-0.1, -0.05) is 29.3 Å². The minimum Gasteiger partial charge on any atom is -0.381 e. The summed E-state index contributed by atoms with van der Waals surface area (Å²) in [7, 11) is 0. The third-order valence-electron chi connectivity index (χ3n) is 5.74. The predicted molar refractivity (Wildman–Crippen MR) is 124 cm³/mol. The van der Waals surface area contributed by atoms with Crippen molar-refractivity contribution in [2.45, 2.75) is 18.9 Å². The van der Waals surface area contributed by atoms with Crippen LogP contribution in [-0.4, -0.2) is 40.0 Å². The first kappa shape index (κ1) is 20.0. The number of nitriles is 1. The molecule has 1 fully saturated rings. The Morgan fingerprint density at radius 2 is 2.00 bits per heavy atom. The fourth-order valence-electron chi connectivity index (χ4n) is 4.02. The summed E-state index contributed by atoms with van der Waals surface area (Å²) in [5, 5.41) is 11.6. The first-order valence-electron chi connectivity index (χ1n) is 10.1. The van der Waals surface area contributed by atoms with Crippen LogP contribution < -0.4 is 0 Å². The van der Waals surface area contributed by atoms with Crippen molar-refractivity contribution < 1.29 is 9.31 Å². The number of pyridine rings is 1. The molecule has 0 radical (unpaired) electrons. The highest BCUT2D eigenvalue weighted by Crippen LogP contribution is 2.33. The van der Waals surface area contributed by atoms with Crippen molar-refractivity contribution in [2.24, 2.45) is 0 Å². The van der Waals surface area contributed by atoms with Gasteiger partial charge in [0.15, 0.2) is 18.5 Å². The number of ether oxygens (including phenoxy) is 1. The molecule has 0 unspecified atom stereocenters. The number of hydrogen-bond donors (Lipinski definition) is 1. The highest BCUT2D eigenvalue weighted by atomic mass is 35.5. The summed E-state index contributed by atoms with van der Waals surface area (Å²) in [6.07, 6.45) is 11.9. The van der Waals surface area contributed by atoms with Crippen LogP contribution >= 0.6 is 23.2 Å². The van der Waals surface area contributed by atoms with Gasteiger partial charge in [0.25, 0.3) is 0 Å². The molecule has 2 aliphatic heterocycles. The van der Waals surface area contributed by atoms with Crippen LogP contribution in [0, 0.1) is 11.3 Å². The lowest BCUT2D eigenvalue weighted by Gasteiger charge is -2.22. The molecule has 31 heavy (non-hydrogen) atoms. The SMILES string of the molecule is N#CC(=Cc1c[nH]c2ncc(C3=C[N+](C4CCOCC4)=C3)cc12)c1c(Cl)cccc1Cl. The zero-order valence-corrected chi connectivity index (χ0v) is 18.1. The van der Waals surface area contributed by atoms with Gasteiger partial charge in [-0.3, -0.25) is 0 Å². The van der Waals surface area contributed by atoms with Crippen LogP contribution in [0.5, 0.6) is 0 Å². The maximum absolute atomic E-state index is 9.75. The van der Waals surface area contributed by atoms with E-state index in [0.29, 0.717) is 27.2 Å². The fraction of sp³-hybridized carbons (Fsp3) is 0.208. The molecule has 3 aromatic rings. The Hall–Kier alpha value is -2.91. The highest BCUT2D eigenvalue weighted by molar-refractivity contribution is 6.38. The lowest BCUT2D eigenvalue weighted by Crippen LogP contribution is -2.33. The fourth-order valence-corrected chi connectivity index (χ4v) is 4.63. The van der Waals surface area contributed by atoms with Gasteiger partial charge in [0.05, 0.1) is 34.9 Å². The molecule has 0 aliphatic carbocycles. The van der Waals surface area contributed by atoms with Crippen molar-refractivity contribution in [2.75, 3.05) is 13.2 Å². The Morgan fingerprint density at radius 3 is 2.71 bits per heavy atom. The van der Waals surface area contributed by atoms with Crippen LogP contribution in [0.15, 0.2) is 42.9 Å². The van der Waals surface area contributed by atoms with Crippen LogP contribution in [0.25, 0.3) is 28.3 Å². The molecule has 1 saturated heterocycles. The summed E-state index contributed by atoms with van der Waals surface area (Å²) in [4.78, 5) is 7.74. The summed E-state index contributed by atoms with van der Waals surface area (Å²) in [6.45, 7) is 1.64. The zero-order valence-electron chi connectivity index (χ0n) is 16.6. The summed E-state index contributed by atoms with van der Waals surface area (Å²) in [5.41, 5.74) is 4.75. The van der Waals surface area contributed by atoms with Gasteiger partial charge in [-0.2, -0.15) is 5.26 Å². The predicted octanol–water partition coefficient (Wildman–Crippen LogP) is 5.55. The van der Waals surface area contributed by atoms with Crippen molar-refractivity contribution in [1.29, 1.82) is 5.26 Å². The molecule has 5 rings (SSSR count). The van der Waals surface area contributed by atoms with Crippen LogP contribution in [0.3, 0.4) is 0 Å². The van der Waals surface area contributed by atoms with Gasteiger partial charge in [0.2, 0.25) is 0 Å². The molecule has 154 valence electrons. The van der Waals surface area contributed by atoms with E-state index in [2.05, 4.69) is 39.1 Å². The molecule has 1 N–H and O–H groups in total. The first-order valence-corrected chi connectivity index (χ1v) is 10.8. The molecular formula is C24H19Cl2N4O+. The molecule has 4 heterocycles. The third-order valence-corrected chi connectivity index (χ3v) is 6.37. The minimum atomic E-state index is 0.405. The molecule has 7 heteroatoms. The van der Waals surface area contributed by atoms with Gasteiger partial charge in [0, 0.05) is 47.3 Å². The summed E-state index contributed by atoms with van der Waals surface area (Å²) >= 11 is 12.6. The quantitative estimate of drug-likeness (QED) is 0.419. The number of aromatic nitrogens is 2. The van der Waals surface area contributed by atoms with Crippen LogP contribution in [0.2, 0.25) is 10.0 Å². The molecule has 2 aliphatic rings. The van der Waals surface area contributed by atoms with Gasteiger partial charge < -0.3 is 9.72 Å². The second-order valence-electron chi connectivity index (χ2n) is 7.63. The lowest BCUT2D eigenvalue weighted by atomic mass is 10.0. The molecular weight excluding hydrogens is 431 g/mol. The topological polar surface area (TPSA) is 64.7 Å². The van der Waals surface area contributed by atoms with E-state index >= 15 is 0 Å². The van der Waals surface area contributed by atoms with Gasteiger partial charge >= 0.3 is 0 Å². The largest absolute Gasteiger partial charge is 0.381 e. The van der Waals surface area contributed by atoms with Crippen LogP contribution in [-0.2, 0) is 4.74 Å². The monoisotopic (exact) mass is 449 g/mol. The van der Waals surface area contributed by atoms with E-state index in [1.807, 2.05) is 12.4 Å². The highest BCUT2D eigenvalue weighted by Gasteiger charge is 2.29. The molecule has 0 atom stereocenters. The number of nitrogens with one attached hydrogen (secondary N) is 1. The number of allylic oxidation sites excluding steroid dienone is 2. The Morgan fingerprint density at radius 1 is 1.26 bits per heavy atom. The van der Waals surface area contributed by atoms with E-state index in [1.54, 1.807) is 24.3 Å². The number of nitrogens with zero attached hydrogens (tertiary/aromatic N) is 3. The number of benzene rings is 1. The molecule has 0 bridgehead atoms. The van der Waals surface area contributed by atoms with E-state index in [4.69, 9.17) is 27.9 Å². The third kappa shape index (κ3) is 3.79. The number of H-pyrrole nitrogens is 1. The molecule has 0 saturated carbocycles. The molecule has 1 aromatic carbocycles. The maximum atomic E-state index is 9.75. The number of halogens is 2. The van der Waals surface area contributed by atoms with Gasteiger partial charge in [-0.15, -0.1) is 0 Å². The van der Waals surface area contributed by atoms with E-state index < -0.39 is 0 Å². The number of rotatable bonds is 4. The average Bonchev–Trinajstić information content (AvgIpc) is 3.15. The van der Waals surface area contributed by atoms with Gasteiger partial charge in [-0.05, 0) is 24.3 Å². The Kier molecular flexibility index (Phi) is 5.37. The molecule has 2 aromatic heterocycles. The average molecular weight is 450 g/mol. The van der Waals surface area contributed by atoms with Crippen LogP contribution in [0.1, 0.15) is 29.5 Å². The van der Waals surface area contributed by atoms with E-state index in [-0.39, 0.29) is 0 Å². The minimum absolute atomic E-state index is 0.405. The first-order chi connectivity index (χ1) is 15.1. The summed E-state index contributed by atoms with van der Waals surface area (Å²) < 4.78 is 7.72. The van der Waals surface area contributed by atoms with Crippen molar-refractivity contribution in [3.63, 3.8) is 0 Å². The molecule has 5 nitrogen and oxygen atoms in total. The Balaban J connectivity index is 1.47. The number of aromatic amines is 1. The second kappa shape index (κ2) is 8.32. The zero-order chi connectivity index (χ0) is 21.4. The number of hydrogen-bond acceptors (Lipinski definition) is 3. The van der Waals surface area contributed by atoms with E-state index in [9.17, 15) is 5.26 Å². The Bertz CT molecular complexity index is 1290. The molecule has 0 amide bonds. The van der Waals surface area contributed by atoms with Crippen molar-refractivity contribution in [1.82, 2.24) is 9.97 Å². The second-order valence-corrected chi connectivity index (χ2v) is 8.45.